The monoisotopic (exact) mass is 366 g/mol. The van der Waals surface area contributed by atoms with Gasteiger partial charge in [-0.1, -0.05) is 36.3 Å². The Kier molecular flexibility index (Phi) is 6.33. The third-order valence-corrected chi connectivity index (χ3v) is 5.07. The summed E-state index contributed by atoms with van der Waals surface area (Å²) in [6.07, 6.45) is 7.36. The Labute approximate surface area is 160 Å². The molecule has 3 rings (SSSR count). The van der Waals surface area contributed by atoms with Gasteiger partial charge in [-0.2, -0.15) is 0 Å². The fraction of sp³-hybridized carbons (Fsp3) is 0.318. The first kappa shape index (κ1) is 18.5. The number of nitrogens with zero attached hydrogens (tertiary/aromatic N) is 2. The number of terminal acetylenes is 1. The SMILES string of the molecule is C#Cc1cccc(CN2CCC(N(C(=O)CCl)c3ccccc3)CC2)c1. The number of carbonyl (C=O) groups is 1. The molecule has 1 fully saturated rings. The van der Waals surface area contributed by atoms with Crippen molar-refractivity contribution in [3.63, 3.8) is 0 Å². The van der Waals surface area contributed by atoms with E-state index in [1.165, 1.54) is 5.56 Å². The number of hydrogen-bond donors (Lipinski definition) is 0. The first-order chi connectivity index (χ1) is 12.7. The average molecular weight is 367 g/mol. The van der Waals surface area contributed by atoms with Gasteiger partial charge in [0.1, 0.15) is 5.88 Å². The Bertz CT molecular complexity index is 776. The second-order valence-corrected chi connectivity index (χ2v) is 6.85. The molecule has 4 heteroatoms. The Morgan fingerprint density at radius 3 is 2.54 bits per heavy atom. The van der Waals surface area contributed by atoms with Gasteiger partial charge < -0.3 is 4.90 Å². The molecule has 1 heterocycles. The van der Waals surface area contributed by atoms with Crippen LogP contribution in [0.5, 0.6) is 0 Å². The largest absolute Gasteiger partial charge is 0.308 e. The minimum atomic E-state index is -0.0296. The van der Waals surface area contributed by atoms with E-state index < -0.39 is 0 Å². The highest BCUT2D eigenvalue weighted by Gasteiger charge is 2.28. The van der Waals surface area contributed by atoms with E-state index in [0.29, 0.717) is 0 Å². The lowest BCUT2D eigenvalue weighted by Gasteiger charge is -2.38. The molecule has 0 N–H and O–H groups in total. The number of amides is 1. The van der Waals surface area contributed by atoms with Crippen molar-refractivity contribution in [3.05, 3.63) is 65.7 Å². The topological polar surface area (TPSA) is 23.6 Å². The summed E-state index contributed by atoms with van der Waals surface area (Å²) >= 11 is 5.86. The van der Waals surface area contributed by atoms with Crippen LogP contribution in [0.3, 0.4) is 0 Å². The lowest BCUT2D eigenvalue weighted by molar-refractivity contribution is -0.117. The number of hydrogen-bond acceptors (Lipinski definition) is 2. The number of alkyl halides is 1. The zero-order valence-corrected chi connectivity index (χ0v) is 15.5. The highest BCUT2D eigenvalue weighted by atomic mass is 35.5. The van der Waals surface area contributed by atoms with Crippen molar-refractivity contribution >= 4 is 23.2 Å². The third kappa shape index (κ3) is 4.46. The van der Waals surface area contributed by atoms with Crippen molar-refractivity contribution < 1.29 is 4.79 Å². The van der Waals surface area contributed by atoms with Crippen LogP contribution in [0.15, 0.2) is 54.6 Å². The summed E-state index contributed by atoms with van der Waals surface area (Å²) in [6.45, 7) is 2.78. The standard InChI is InChI=1S/C22H23ClN2O/c1-2-18-7-6-8-19(15-18)17-24-13-11-21(12-14-24)25(22(26)16-23)20-9-4-3-5-10-20/h1,3-10,15,21H,11-14,16-17H2. The molecule has 0 radical (unpaired) electrons. The van der Waals surface area contributed by atoms with E-state index in [1.54, 1.807) is 0 Å². The van der Waals surface area contributed by atoms with Crippen molar-refractivity contribution in [1.29, 1.82) is 0 Å². The van der Waals surface area contributed by atoms with Crippen LogP contribution in [0, 0.1) is 12.3 Å². The first-order valence-electron chi connectivity index (χ1n) is 8.92. The second kappa shape index (κ2) is 8.89. The van der Waals surface area contributed by atoms with Gasteiger partial charge in [-0.05, 0) is 42.7 Å². The third-order valence-electron chi connectivity index (χ3n) is 4.84. The summed E-state index contributed by atoms with van der Waals surface area (Å²) in [4.78, 5) is 16.7. The molecule has 0 saturated carbocycles. The van der Waals surface area contributed by atoms with Crippen LogP contribution in [0.2, 0.25) is 0 Å². The maximum atomic E-state index is 12.4. The fourth-order valence-electron chi connectivity index (χ4n) is 3.56. The number of para-hydroxylation sites is 1. The molecule has 0 atom stereocenters. The van der Waals surface area contributed by atoms with Crippen molar-refractivity contribution in [2.45, 2.75) is 25.4 Å². The highest BCUT2D eigenvalue weighted by molar-refractivity contribution is 6.29. The molecule has 1 aliphatic heterocycles. The van der Waals surface area contributed by atoms with Gasteiger partial charge in [0.15, 0.2) is 0 Å². The predicted octanol–water partition coefficient (Wildman–Crippen LogP) is 3.90. The quantitative estimate of drug-likeness (QED) is 0.591. The Morgan fingerprint density at radius 1 is 1.15 bits per heavy atom. The molecule has 0 unspecified atom stereocenters. The van der Waals surface area contributed by atoms with Crippen molar-refractivity contribution in [3.8, 4) is 12.3 Å². The van der Waals surface area contributed by atoms with Crippen molar-refractivity contribution in [2.24, 2.45) is 0 Å². The molecule has 1 aliphatic rings. The minimum Gasteiger partial charge on any atom is -0.308 e. The molecule has 0 aromatic heterocycles. The van der Waals surface area contributed by atoms with Crippen LogP contribution in [0.1, 0.15) is 24.0 Å². The summed E-state index contributed by atoms with van der Waals surface area (Å²) < 4.78 is 0. The summed E-state index contributed by atoms with van der Waals surface area (Å²) in [5.41, 5.74) is 3.08. The number of benzene rings is 2. The highest BCUT2D eigenvalue weighted by Crippen LogP contribution is 2.25. The van der Waals surface area contributed by atoms with Gasteiger partial charge in [-0.3, -0.25) is 9.69 Å². The lowest BCUT2D eigenvalue weighted by Crippen LogP contribution is -2.48. The molecular formula is C22H23ClN2O. The van der Waals surface area contributed by atoms with Gasteiger partial charge in [-0.15, -0.1) is 18.0 Å². The second-order valence-electron chi connectivity index (χ2n) is 6.58. The van der Waals surface area contributed by atoms with Crippen LogP contribution < -0.4 is 4.90 Å². The molecule has 3 nitrogen and oxygen atoms in total. The maximum absolute atomic E-state index is 12.4. The molecule has 0 bridgehead atoms. The molecule has 2 aromatic rings. The van der Waals surface area contributed by atoms with E-state index in [2.05, 4.69) is 23.0 Å². The van der Waals surface area contributed by atoms with Crippen molar-refractivity contribution in [1.82, 2.24) is 4.90 Å². The smallest absolute Gasteiger partial charge is 0.242 e. The fourth-order valence-corrected chi connectivity index (χ4v) is 3.69. The lowest BCUT2D eigenvalue weighted by atomic mass is 10.0. The normalized spacial score (nSPS) is 15.4. The Morgan fingerprint density at radius 2 is 1.88 bits per heavy atom. The number of anilines is 1. The van der Waals surface area contributed by atoms with E-state index in [1.807, 2.05) is 47.4 Å². The van der Waals surface area contributed by atoms with Gasteiger partial charge in [-0.25, -0.2) is 0 Å². The summed E-state index contributed by atoms with van der Waals surface area (Å²) in [6, 6.07) is 18.1. The van der Waals surface area contributed by atoms with Gasteiger partial charge in [0.05, 0.1) is 0 Å². The zero-order valence-electron chi connectivity index (χ0n) is 14.8. The summed E-state index contributed by atoms with van der Waals surface area (Å²) in [5, 5.41) is 0. The maximum Gasteiger partial charge on any atom is 0.242 e. The molecule has 2 aromatic carbocycles. The van der Waals surface area contributed by atoms with Gasteiger partial charge in [0, 0.05) is 36.9 Å². The van der Waals surface area contributed by atoms with E-state index in [0.717, 1.165) is 43.7 Å². The minimum absolute atomic E-state index is 0.00793. The zero-order chi connectivity index (χ0) is 18.4. The van der Waals surface area contributed by atoms with Crippen molar-refractivity contribution in [2.75, 3.05) is 23.9 Å². The summed E-state index contributed by atoms with van der Waals surface area (Å²) in [5.74, 6) is 2.67. The van der Waals surface area contributed by atoms with E-state index in [-0.39, 0.29) is 17.8 Å². The number of piperidine rings is 1. The van der Waals surface area contributed by atoms with Gasteiger partial charge in [0.25, 0.3) is 0 Å². The van der Waals surface area contributed by atoms with Crippen LogP contribution in [-0.4, -0.2) is 35.8 Å². The van der Waals surface area contributed by atoms with Crippen LogP contribution in [0.4, 0.5) is 5.69 Å². The predicted molar refractivity (Wildman–Crippen MR) is 107 cm³/mol. The molecule has 1 saturated heterocycles. The molecular weight excluding hydrogens is 344 g/mol. The van der Waals surface area contributed by atoms with E-state index >= 15 is 0 Å². The molecule has 26 heavy (non-hydrogen) atoms. The molecule has 134 valence electrons. The average Bonchev–Trinajstić information content (AvgIpc) is 2.70. The number of halogens is 1. The Balaban J connectivity index is 1.64. The van der Waals surface area contributed by atoms with Crippen LogP contribution >= 0.6 is 11.6 Å². The summed E-state index contributed by atoms with van der Waals surface area (Å²) in [7, 11) is 0. The number of carbonyl (C=O) groups excluding carboxylic acids is 1. The number of likely N-dealkylation sites (tertiary alicyclic amines) is 1. The molecule has 0 aliphatic carbocycles. The Hall–Kier alpha value is -2.28. The van der Waals surface area contributed by atoms with Gasteiger partial charge in [0.2, 0.25) is 5.91 Å². The van der Waals surface area contributed by atoms with E-state index in [4.69, 9.17) is 18.0 Å². The van der Waals surface area contributed by atoms with Crippen LogP contribution in [0.25, 0.3) is 0 Å². The van der Waals surface area contributed by atoms with E-state index in [9.17, 15) is 4.79 Å². The first-order valence-corrected chi connectivity index (χ1v) is 9.45. The molecule has 0 spiro atoms. The number of rotatable bonds is 5. The molecule has 1 amide bonds. The van der Waals surface area contributed by atoms with Crippen LogP contribution in [-0.2, 0) is 11.3 Å². The van der Waals surface area contributed by atoms with Gasteiger partial charge >= 0.3 is 0 Å².